The van der Waals surface area contributed by atoms with Crippen molar-refractivity contribution in [1.82, 2.24) is 41.1 Å². The Bertz CT molecular complexity index is 4130. The van der Waals surface area contributed by atoms with Crippen LogP contribution in [-0.2, 0) is 104 Å². The Labute approximate surface area is 675 Å². The third-order valence-electron chi connectivity index (χ3n) is 14.4. The second-order valence-electron chi connectivity index (χ2n) is 27.7. The lowest BCUT2D eigenvalue weighted by Gasteiger charge is -2.14. The Morgan fingerprint density at radius 2 is 0.910 bits per heavy atom. The Balaban J connectivity index is 0.000000294. The van der Waals surface area contributed by atoms with E-state index in [4.69, 9.17) is 44.5 Å². The molecule has 5 N–H and O–H groups in total. The summed E-state index contributed by atoms with van der Waals surface area (Å²) in [5, 5.41) is 20.5. The molecule has 31 heteroatoms. The third kappa shape index (κ3) is 38.6. The van der Waals surface area contributed by atoms with E-state index in [0.29, 0.717) is 59.7 Å². The molecule has 0 aliphatic carbocycles. The second kappa shape index (κ2) is 50.0. The minimum absolute atomic E-state index is 0.0582. The molecule has 5 atom stereocenters. The minimum atomic E-state index is -0.683. The highest BCUT2D eigenvalue weighted by Gasteiger charge is 2.24. The molecule has 0 saturated carbocycles. The van der Waals surface area contributed by atoms with Gasteiger partial charge in [0.05, 0.1) is 86.5 Å². The van der Waals surface area contributed by atoms with E-state index >= 15 is 0 Å². The number of carbonyl (C=O) groups is 10. The van der Waals surface area contributed by atoms with Gasteiger partial charge in [-0.15, -0.1) is 34.0 Å². The number of aromatic nitrogens is 3. The average molecular weight is 1650 g/mol. The number of carbonyl (C=O) groups excluding carboxylic acids is 10. The van der Waals surface area contributed by atoms with Gasteiger partial charge in [-0.1, -0.05) is 146 Å². The van der Waals surface area contributed by atoms with E-state index < -0.39 is 60.1 Å². The highest BCUT2D eigenvalue weighted by molar-refractivity contribution is 8.01. The first-order valence-electron chi connectivity index (χ1n) is 36.3. The Kier molecular flexibility index (Phi) is 42.5. The van der Waals surface area contributed by atoms with Gasteiger partial charge in [-0.05, 0) is 154 Å². The van der Waals surface area contributed by atoms with E-state index in [0.717, 1.165) is 45.8 Å². The van der Waals surface area contributed by atoms with Crippen LogP contribution in [0.25, 0.3) is 21.5 Å². The molecule has 5 aromatic heterocycles. The number of methoxy groups -OCH3 is 1. The molecule has 8 aromatic rings. The largest absolute Gasteiger partial charge is 0.497 e. The van der Waals surface area contributed by atoms with Crippen LogP contribution in [0.5, 0.6) is 5.75 Å². The van der Waals surface area contributed by atoms with Crippen LogP contribution in [0.4, 0.5) is 0 Å². The summed E-state index contributed by atoms with van der Waals surface area (Å²) in [5.41, 5.74) is 2.59. The molecule has 0 spiro atoms. The fourth-order valence-corrected chi connectivity index (χ4v) is 13.7. The maximum absolute atomic E-state index is 12.2. The van der Waals surface area contributed by atoms with Crippen molar-refractivity contribution in [2.45, 2.75) is 182 Å². The number of benzene rings is 3. The zero-order valence-electron chi connectivity index (χ0n) is 66.0. The SMILES string of the molecule is CC(C)COC(=O)[C@H](C)NC(=O)Cc1ccc(Cl)s1.CC(C)COC(=O)[C@H](C)NC(=O)Cc1ccsc1Sc1ccccc1.CC(C)COC(=O)[C@H](C)NC(=O)Cc1nc(-c2ccccc2)ns1.COc1ccc2cc(CC(=O)N[C@@H](C)C(=O)OCC(C)C)sc2c1.Cc1cc(CC(=O)N[C@@H](C)C(=O)OCC(C)C)on1. The van der Waals surface area contributed by atoms with Crippen molar-refractivity contribution in [3.8, 4) is 17.1 Å². The molecular formula is C80H105ClN8O17S5. The lowest BCUT2D eigenvalue weighted by Crippen LogP contribution is -2.40. The number of esters is 5. The predicted molar refractivity (Wildman–Crippen MR) is 435 cm³/mol. The van der Waals surface area contributed by atoms with Gasteiger partial charge in [-0.3, -0.25) is 24.0 Å². The van der Waals surface area contributed by atoms with Crippen LogP contribution in [0.15, 0.2) is 128 Å². The Morgan fingerprint density at radius 3 is 1.33 bits per heavy atom. The lowest BCUT2D eigenvalue weighted by atomic mass is 10.2. The van der Waals surface area contributed by atoms with Gasteiger partial charge in [0.2, 0.25) is 29.5 Å². The molecule has 5 amide bonds. The molecule has 8 rings (SSSR count). The molecule has 0 saturated heterocycles. The van der Waals surface area contributed by atoms with Crippen LogP contribution in [0.2, 0.25) is 4.34 Å². The van der Waals surface area contributed by atoms with Gasteiger partial charge in [-0.2, -0.15) is 4.37 Å². The first-order chi connectivity index (χ1) is 52.5. The number of amides is 5. The summed E-state index contributed by atoms with van der Waals surface area (Å²) in [4.78, 5) is 126. The number of fused-ring (bicyclic) bond motifs is 1. The molecule has 3 aromatic carbocycles. The molecule has 604 valence electrons. The van der Waals surface area contributed by atoms with Crippen molar-refractivity contribution in [3.05, 3.63) is 151 Å². The van der Waals surface area contributed by atoms with E-state index in [1.165, 1.54) is 22.9 Å². The van der Waals surface area contributed by atoms with Gasteiger partial charge in [0, 0.05) is 31.0 Å². The second-order valence-corrected chi connectivity index (χ2v) is 33.8. The highest BCUT2D eigenvalue weighted by Crippen LogP contribution is 2.35. The lowest BCUT2D eigenvalue weighted by molar-refractivity contribution is -0.148. The zero-order chi connectivity index (χ0) is 82.3. The normalized spacial score (nSPS) is 12.1. The summed E-state index contributed by atoms with van der Waals surface area (Å²) in [5.74, 6) is -0.0261. The topological polar surface area (TPSA) is 338 Å². The first kappa shape index (κ1) is 94.3. The van der Waals surface area contributed by atoms with Crippen LogP contribution < -0.4 is 31.3 Å². The molecule has 0 aliphatic heterocycles. The van der Waals surface area contributed by atoms with E-state index in [1.54, 1.807) is 101 Å². The standard InChI is InChI=1S/C19H23NO3S2.C18H23NO4S.C17H21N3O3S.C13H18ClNO3S.C13H20N2O4/c1-13(2)12-23-18(22)14(3)20-17(21)11-15-9-10-24-19(15)25-16-7-5-4-6-8-16;1-11(2)10-23-18(21)12(3)19-17(20)9-15-7-13-5-6-14(22-4)8-16(13)24-15;1-11(2)10-23-17(22)12(3)18-14(21)9-15-19-16(20-24-15)13-7-5-4-6-8-13;1-8(2)7-18-13(17)9(3)15-12(16)6-10-4-5-11(14)19-10;1-8(2)7-18-13(17)10(4)14-12(16)6-11-5-9(3)15-19-11/h4-10,13-14H,11-12H2,1-3H3,(H,20,21);5-8,11-12H,9-10H2,1-4H3,(H,19,20);4-8,11-12H,9-10H2,1-3H3,(H,18,21);4-5,8-9H,6-7H2,1-3H3,(H,15,16);5,8,10H,6-7H2,1-4H3,(H,14,16)/t14-;2*12-;9-;10-/m00000/s1. The number of halogens is 1. The van der Waals surface area contributed by atoms with Crippen molar-refractivity contribution in [2.75, 3.05) is 40.1 Å². The molecular weight excluding hydrogens is 1540 g/mol. The summed E-state index contributed by atoms with van der Waals surface area (Å²) in [7, 11) is 1.63. The summed E-state index contributed by atoms with van der Waals surface area (Å²) in [6.07, 6.45) is 0.859. The molecule has 111 heavy (non-hydrogen) atoms. The van der Waals surface area contributed by atoms with Gasteiger partial charge < -0.3 is 59.5 Å². The van der Waals surface area contributed by atoms with Gasteiger partial charge in [0.1, 0.15) is 46.7 Å². The Hall–Kier alpha value is -9.07. The molecule has 0 aliphatic rings. The van der Waals surface area contributed by atoms with E-state index in [2.05, 4.69) is 41.1 Å². The quantitative estimate of drug-likeness (QED) is 0.0185. The molecule has 0 fully saturated rings. The van der Waals surface area contributed by atoms with Crippen LogP contribution in [0.3, 0.4) is 0 Å². The van der Waals surface area contributed by atoms with Crippen LogP contribution in [-0.4, -0.2) is 144 Å². The van der Waals surface area contributed by atoms with E-state index in [9.17, 15) is 47.9 Å². The number of nitrogens with zero attached hydrogens (tertiary/aromatic N) is 3. The Morgan fingerprint density at radius 1 is 0.477 bits per heavy atom. The molecule has 25 nitrogen and oxygen atoms in total. The fourth-order valence-electron chi connectivity index (χ4n) is 8.81. The van der Waals surface area contributed by atoms with E-state index in [1.807, 2.05) is 166 Å². The monoisotopic (exact) mass is 1640 g/mol. The molecule has 0 radical (unpaired) electrons. The molecule has 5 heterocycles. The number of nitrogens with one attached hydrogen (secondary N) is 5. The number of aryl methyl sites for hydroxylation is 1. The van der Waals surface area contributed by atoms with Crippen molar-refractivity contribution in [3.63, 3.8) is 0 Å². The average Bonchev–Trinajstić information content (AvgIpc) is 1.69. The van der Waals surface area contributed by atoms with Crippen molar-refractivity contribution < 1.29 is 80.9 Å². The first-order valence-corrected chi connectivity index (χ1v) is 40.7. The number of thiophene rings is 3. The molecule has 0 unspecified atom stereocenters. The number of hydrogen-bond donors (Lipinski definition) is 5. The van der Waals surface area contributed by atoms with Gasteiger partial charge in [0.15, 0.2) is 5.82 Å². The minimum Gasteiger partial charge on any atom is -0.497 e. The van der Waals surface area contributed by atoms with Crippen LogP contribution in [0, 0.1) is 36.5 Å². The summed E-state index contributed by atoms with van der Waals surface area (Å²) in [6.45, 7) is 31.2. The number of rotatable bonds is 34. The van der Waals surface area contributed by atoms with Gasteiger partial charge in [-0.25, -0.2) is 29.0 Å². The van der Waals surface area contributed by atoms with Crippen LogP contribution in [0.1, 0.15) is 136 Å². The number of ether oxygens (including phenoxy) is 6. The zero-order valence-corrected chi connectivity index (χ0v) is 70.9. The summed E-state index contributed by atoms with van der Waals surface area (Å²) in [6, 6.07) is 31.3. The highest BCUT2D eigenvalue weighted by atomic mass is 35.5. The van der Waals surface area contributed by atoms with Crippen molar-refractivity contribution >= 4 is 138 Å². The van der Waals surface area contributed by atoms with Gasteiger partial charge in [0.25, 0.3) is 0 Å². The van der Waals surface area contributed by atoms with E-state index in [-0.39, 0.29) is 91.2 Å². The summed E-state index contributed by atoms with van der Waals surface area (Å²) < 4.78 is 42.7. The maximum atomic E-state index is 12.2. The van der Waals surface area contributed by atoms with Crippen molar-refractivity contribution in [1.29, 1.82) is 0 Å². The third-order valence-corrected chi connectivity index (χ3v) is 19.6. The summed E-state index contributed by atoms with van der Waals surface area (Å²) >= 11 is 13.1. The number of hydrogen-bond acceptors (Lipinski definition) is 25. The van der Waals surface area contributed by atoms with Gasteiger partial charge >= 0.3 is 29.8 Å². The van der Waals surface area contributed by atoms with Crippen molar-refractivity contribution in [2.24, 2.45) is 29.6 Å². The predicted octanol–water partition coefficient (Wildman–Crippen LogP) is 13.6. The smallest absolute Gasteiger partial charge is 0.328 e. The maximum Gasteiger partial charge on any atom is 0.328 e. The molecule has 0 bridgehead atoms. The van der Waals surface area contributed by atoms with Crippen LogP contribution >= 0.6 is 68.9 Å². The fraction of sp³-hybridized carbons (Fsp3) is 0.463.